The smallest absolute Gasteiger partial charge is 0.133 e. The number of aryl methyl sites for hydroxylation is 1. The van der Waals surface area contributed by atoms with Gasteiger partial charge in [0.1, 0.15) is 11.6 Å². The van der Waals surface area contributed by atoms with E-state index in [-0.39, 0.29) is 5.56 Å². The predicted octanol–water partition coefficient (Wildman–Crippen LogP) is 3.08. The average Bonchev–Trinajstić information content (AvgIpc) is 2.86. The van der Waals surface area contributed by atoms with Crippen molar-refractivity contribution in [1.29, 1.82) is 0 Å². The summed E-state index contributed by atoms with van der Waals surface area (Å²) in [5.74, 6) is 4.32. The number of benzene rings is 1. The van der Waals surface area contributed by atoms with E-state index in [2.05, 4.69) is 5.43 Å². The topological polar surface area (TPSA) is 38.0 Å². The first-order valence-electron chi connectivity index (χ1n) is 5.55. The fourth-order valence-electron chi connectivity index (χ4n) is 1.89. The van der Waals surface area contributed by atoms with E-state index in [1.807, 2.05) is 16.8 Å². The lowest BCUT2D eigenvalue weighted by Crippen LogP contribution is -2.31. The van der Waals surface area contributed by atoms with Crippen molar-refractivity contribution in [3.05, 3.63) is 57.3 Å². The zero-order chi connectivity index (χ0) is 13.1. The molecule has 0 radical (unpaired) electrons. The highest BCUT2D eigenvalue weighted by Crippen LogP contribution is 2.26. The zero-order valence-electron chi connectivity index (χ0n) is 9.91. The summed E-state index contributed by atoms with van der Waals surface area (Å²) in [7, 11) is 0. The van der Waals surface area contributed by atoms with Gasteiger partial charge in [-0.3, -0.25) is 11.3 Å². The molecule has 0 spiro atoms. The second-order valence-electron chi connectivity index (χ2n) is 4.15. The van der Waals surface area contributed by atoms with Gasteiger partial charge in [0.15, 0.2) is 0 Å². The van der Waals surface area contributed by atoms with Crippen LogP contribution in [0.3, 0.4) is 0 Å². The fourth-order valence-corrected chi connectivity index (χ4v) is 2.57. The van der Waals surface area contributed by atoms with E-state index in [0.717, 1.165) is 5.56 Å². The van der Waals surface area contributed by atoms with Crippen molar-refractivity contribution < 1.29 is 8.78 Å². The largest absolute Gasteiger partial charge is 0.271 e. The third-order valence-electron chi connectivity index (χ3n) is 2.89. The minimum Gasteiger partial charge on any atom is -0.271 e. The molecule has 0 aliphatic heterocycles. The van der Waals surface area contributed by atoms with Crippen LogP contribution in [0.5, 0.6) is 0 Å². The molecular weight excluding hydrogens is 254 g/mol. The Morgan fingerprint density at radius 1 is 1.33 bits per heavy atom. The molecule has 96 valence electrons. The molecule has 0 saturated heterocycles. The number of rotatable bonds is 4. The molecule has 2 rings (SSSR count). The molecule has 1 atom stereocenters. The molecule has 0 aliphatic rings. The van der Waals surface area contributed by atoms with Crippen molar-refractivity contribution in [3.63, 3.8) is 0 Å². The van der Waals surface area contributed by atoms with Crippen molar-refractivity contribution >= 4 is 11.3 Å². The van der Waals surface area contributed by atoms with Crippen LogP contribution in [0.15, 0.2) is 29.0 Å². The van der Waals surface area contributed by atoms with Gasteiger partial charge in [0.25, 0.3) is 0 Å². The summed E-state index contributed by atoms with van der Waals surface area (Å²) in [5, 5.41) is 3.86. The predicted molar refractivity (Wildman–Crippen MR) is 69.2 cm³/mol. The molecular formula is C13H14F2N2S. The van der Waals surface area contributed by atoms with Gasteiger partial charge in [-0.2, -0.15) is 11.3 Å². The normalized spacial score (nSPS) is 12.7. The minimum atomic E-state index is -0.573. The number of thiophene rings is 1. The molecule has 1 heterocycles. The van der Waals surface area contributed by atoms with E-state index < -0.39 is 17.7 Å². The third-order valence-corrected chi connectivity index (χ3v) is 3.62. The highest BCUT2D eigenvalue weighted by atomic mass is 32.1. The van der Waals surface area contributed by atoms with Gasteiger partial charge in [-0.1, -0.05) is 6.07 Å². The number of hydrazine groups is 1. The van der Waals surface area contributed by atoms with E-state index in [9.17, 15) is 8.78 Å². The van der Waals surface area contributed by atoms with Crippen LogP contribution in [-0.2, 0) is 6.42 Å². The van der Waals surface area contributed by atoms with Crippen LogP contribution in [0.2, 0.25) is 0 Å². The number of hydrogen-bond donors (Lipinski definition) is 2. The van der Waals surface area contributed by atoms with Crippen LogP contribution in [0.25, 0.3) is 0 Å². The molecule has 0 aliphatic carbocycles. The summed E-state index contributed by atoms with van der Waals surface area (Å²) < 4.78 is 27.8. The summed E-state index contributed by atoms with van der Waals surface area (Å²) in [4.78, 5) is 0. The second-order valence-corrected chi connectivity index (χ2v) is 4.93. The van der Waals surface area contributed by atoms with E-state index in [1.54, 1.807) is 18.3 Å². The molecule has 5 heteroatoms. The van der Waals surface area contributed by atoms with Gasteiger partial charge in [0.05, 0.1) is 6.04 Å². The molecule has 2 nitrogen and oxygen atoms in total. The van der Waals surface area contributed by atoms with Gasteiger partial charge >= 0.3 is 0 Å². The summed E-state index contributed by atoms with van der Waals surface area (Å²) >= 11 is 1.54. The van der Waals surface area contributed by atoms with Crippen LogP contribution >= 0.6 is 11.3 Å². The van der Waals surface area contributed by atoms with Crippen LogP contribution < -0.4 is 11.3 Å². The van der Waals surface area contributed by atoms with Gasteiger partial charge in [-0.25, -0.2) is 8.78 Å². The molecule has 1 aromatic heterocycles. The van der Waals surface area contributed by atoms with Crippen molar-refractivity contribution in [2.75, 3.05) is 0 Å². The molecule has 0 amide bonds. The lowest BCUT2D eigenvalue weighted by atomic mass is 9.98. The van der Waals surface area contributed by atoms with E-state index in [4.69, 9.17) is 5.84 Å². The molecule has 1 aromatic carbocycles. The Bertz CT molecular complexity index is 526. The molecule has 2 aromatic rings. The van der Waals surface area contributed by atoms with Gasteiger partial charge in [0, 0.05) is 5.56 Å². The second kappa shape index (κ2) is 5.56. The zero-order valence-corrected chi connectivity index (χ0v) is 10.7. The third kappa shape index (κ3) is 2.58. The van der Waals surface area contributed by atoms with Crippen molar-refractivity contribution in [3.8, 4) is 0 Å². The van der Waals surface area contributed by atoms with Crippen LogP contribution in [0.1, 0.15) is 22.7 Å². The molecule has 0 bridgehead atoms. The minimum absolute atomic E-state index is 0.00343. The first kappa shape index (κ1) is 13.1. The summed E-state index contributed by atoms with van der Waals surface area (Å²) in [6.45, 7) is 1.61. The lowest BCUT2D eigenvalue weighted by molar-refractivity contribution is 0.470. The quantitative estimate of drug-likeness (QED) is 0.660. The van der Waals surface area contributed by atoms with Gasteiger partial charge in [-0.05, 0) is 47.4 Å². The maximum atomic E-state index is 14.0. The van der Waals surface area contributed by atoms with Crippen LogP contribution in [0, 0.1) is 18.6 Å². The maximum absolute atomic E-state index is 14.0. The lowest BCUT2D eigenvalue weighted by Gasteiger charge is -2.18. The first-order valence-corrected chi connectivity index (χ1v) is 6.49. The number of hydrogen-bond acceptors (Lipinski definition) is 3. The number of nitrogens with one attached hydrogen (secondary N) is 1. The Morgan fingerprint density at radius 3 is 2.72 bits per heavy atom. The molecule has 0 fully saturated rings. The van der Waals surface area contributed by atoms with Crippen molar-refractivity contribution in [2.45, 2.75) is 19.4 Å². The Hall–Kier alpha value is -1.30. The van der Waals surface area contributed by atoms with Crippen molar-refractivity contribution in [2.24, 2.45) is 5.84 Å². The van der Waals surface area contributed by atoms with Gasteiger partial charge < -0.3 is 0 Å². The van der Waals surface area contributed by atoms with Crippen LogP contribution in [0.4, 0.5) is 8.78 Å². The summed E-state index contributed by atoms with van der Waals surface area (Å²) in [6, 6.07) is 4.04. The highest BCUT2D eigenvalue weighted by molar-refractivity contribution is 7.07. The SMILES string of the molecule is Cc1ccc(F)c(C(Cc2ccsc2)NN)c1F. The van der Waals surface area contributed by atoms with Gasteiger partial charge in [-0.15, -0.1) is 0 Å². The summed E-state index contributed by atoms with van der Waals surface area (Å²) in [5.41, 5.74) is 3.91. The number of nitrogens with two attached hydrogens (primary N) is 1. The van der Waals surface area contributed by atoms with E-state index in [1.165, 1.54) is 12.1 Å². The molecule has 1 unspecified atom stereocenters. The van der Waals surface area contributed by atoms with Gasteiger partial charge in [0.2, 0.25) is 0 Å². The molecule has 3 N–H and O–H groups in total. The Balaban J connectivity index is 2.35. The fraction of sp³-hybridized carbons (Fsp3) is 0.231. The highest BCUT2D eigenvalue weighted by Gasteiger charge is 2.21. The van der Waals surface area contributed by atoms with E-state index >= 15 is 0 Å². The van der Waals surface area contributed by atoms with Crippen LogP contribution in [-0.4, -0.2) is 0 Å². The maximum Gasteiger partial charge on any atom is 0.133 e. The monoisotopic (exact) mass is 268 g/mol. The Labute approximate surface area is 108 Å². The summed E-state index contributed by atoms with van der Waals surface area (Å²) in [6.07, 6.45) is 0.456. The van der Waals surface area contributed by atoms with Crippen molar-refractivity contribution in [1.82, 2.24) is 5.43 Å². The number of halogens is 2. The molecule has 18 heavy (non-hydrogen) atoms. The Kier molecular flexibility index (Phi) is 4.06. The van der Waals surface area contributed by atoms with E-state index in [0.29, 0.717) is 12.0 Å². The standard InChI is InChI=1S/C13H14F2N2S/c1-8-2-3-10(14)12(13(8)15)11(17-16)6-9-4-5-18-7-9/h2-5,7,11,17H,6,16H2,1H3. The Morgan fingerprint density at radius 2 is 2.11 bits per heavy atom. The first-order chi connectivity index (χ1) is 8.63. The average molecular weight is 268 g/mol. The molecule has 0 saturated carbocycles.